The lowest BCUT2D eigenvalue weighted by Crippen LogP contribution is -2.47. The van der Waals surface area contributed by atoms with E-state index in [-0.39, 0.29) is 11.3 Å². The molecule has 2 heteroatoms. The first-order valence-electron chi connectivity index (χ1n) is 16.7. The molecule has 0 radical (unpaired) electrons. The van der Waals surface area contributed by atoms with E-state index in [0.29, 0.717) is 5.92 Å². The normalized spacial score (nSPS) is 24.3. The van der Waals surface area contributed by atoms with E-state index in [2.05, 4.69) is 151 Å². The van der Waals surface area contributed by atoms with Gasteiger partial charge in [0.05, 0.1) is 17.1 Å². The van der Waals surface area contributed by atoms with Crippen LogP contribution in [0.2, 0.25) is 0 Å². The van der Waals surface area contributed by atoms with Crippen LogP contribution in [0.25, 0.3) is 16.3 Å². The average molecular weight is 591 g/mol. The highest BCUT2D eigenvalue weighted by molar-refractivity contribution is 6.12. The van der Waals surface area contributed by atoms with Gasteiger partial charge < -0.3 is 0 Å². The summed E-state index contributed by atoms with van der Waals surface area (Å²) in [6, 6.07) is 49.7. The molecule has 46 heavy (non-hydrogen) atoms. The number of allylic oxidation sites excluding steroid dienone is 1. The molecule has 6 aromatic rings. The second-order valence-electron chi connectivity index (χ2n) is 13.5. The van der Waals surface area contributed by atoms with Crippen molar-refractivity contribution in [1.29, 1.82) is 0 Å². The van der Waals surface area contributed by atoms with E-state index in [1.165, 1.54) is 73.1 Å². The molecule has 3 unspecified atom stereocenters. The highest BCUT2D eigenvalue weighted by Crippen LogP contribution is 2.65. The van der Waals surface area contributed by atoms with Crippen LogP contribution in [0.1, 0.15) is 71.0 Å². The molecule has 0 saturated heterocycles. The number of nitrogens with zero attached hydrogens (tertiary/aromatic N) is 2. The van der Waals surface area contributed by atoms with Gasteiger partial charge >= 0.3 is 0 Å². The van der Waals surface area contributed by atoms with Crippen LogP contribution in [-0.2, 0) is 5.41 Å². The summed E-state index contributed by atoms with van der Waals surface area (Å²) >= 11 is 0. The lowest BCUT2D eigenvalue weighted by Gasteiger charge is -2.55. The van der Waals surface area contributed by atoms with Crippen LogP contribution in [0.15, 0.2) is 145 Å². The third-order valence-corrected chi connectivity index (χ3v) is 11.1. The fourth-order valence-corrected chi connectivity index (χ4v) is 9.17. The number of aliphatic imine (C=N–C) groups is 1. The Morgan fingerprint density at radius 2 is 1.41 bits per heavy atom. The van der Waals surface area contributed by atoms with Crippen LogP contribution in [0, 0.1) is 5.92 Å². The summed E-state index contributed by atoms with van der Waals surface area (Å²) in [5.74, 6) is 1.75. The van der Waals surface area contributed by atoms with E-state index in [1.807, 2.05) is 0 Å². The molecule has 220 valence electrons. The first-order valence-corrected chi connectivity index (χ1v) is 16.7. The molecule has 0 aromatic heterocycles. The molecule has 6 aromatic carbocycles. The van der Waals surface area contributed by atoms with Gasteiger partial charge in [-0.15, -0.1) is 0 Å². The maximum Gasteiger partial charge on any atom is 0.117 e. The van der Waals surface area contributed by atoms with E-state index >= 15 is 0 Å². The summed E-state index contributed by atoms with van der Waals surface area (Å²) in [5.41, 5.74) is 14.5. The number of anilines is 2. The second kappa shape index (κ2) is 9.64. The Hall–Kier alpha value is -5.21. The molecule has 2 bridgehead atoms. The molecule has 1 spiro atoms. The summed E-state index contributed by atoms with van der Waals surface area (Å²) in [5, 5.41) is 2.57. The first-order chi connectivity index (χ1) is 22.7. The van der Waals surface area contributed by atoms with Gasteiger partial charge in [-0.1, -0.05) is 122 Å². The van der Waals surface area contributed by atoms with E-state index in [1.54, 1.807) is 0 Å². The zero-order valence-corrected chi connectivity index (χ0v) is 25.9. The van der Waals surface area contributed by atoms with Crippen molar-refractivity contribution in [3.63, 3.8) is 0 Å². The number of hydrogen-bond acceptors (Lipinski definition) is 2. The lowest BCUT2D eigenvalue weighted by molar-refractivity contribution is 0.426. The van der Waals surface area contributed by atoms with Crippen LogP contribution in [-0.4, -0.2) is 5.84 Å². The van der Waals surface area contributed by atoms with Crippen LogP contribution >= 0.6 is 0 Å². The Morgan fingerprint density at radius 1 is 0.674 bits per heavy atom. The quantitative estimate of drug-likeness (QED) is 0.186. The Kier molecular flexibility index (Phi) is 5.46. The summed E-state index contributed by atoms with van der Waals surface area (Å²) in [7, 11) is 0. The smallest absolute Gasteiger partial charge is 0.117 e. The fraction of sp³-hybridized carbons (Fsp3) is 0.159. The van der Waals surface area contributed by atoms with E-state index in [9.17, 15) is 0 Å². The Morgan fingerprint density at radius 3 is 2.30 bits per heavy atom. The molecule has 3 aliphatic carbocycles. The zero-order chi connectivity index (χ0) is 30.4. The summed E-state index contributed by atoms with van der Waals surface area (Å²) in [6.07, 6.45) is 5.66. The summed E-state index contributed by atoms with van der Waals surface area (Å²) in [6.45, 7) is 2.35. The van der Waals surface area contributed by atoms with Crippen LogP contribution in [0.5, 0.6) is 0 Å². The summed E-state index contributed by atoms with van der Waals surface area (Å²) < 4.78 is 0. The van der Waals surface area contributed by atoms with Crippen LogP contribution < -0.4 is 4.90 Å². The molecular weight excluding hydrogens is 556 g/mol. The minimum absolute atomic E-state index is 0.170. The minimum atomic E-state index is -0.170. The van der Waals surface area contributed by atoms with Crippen molar-refractivity contribution < 1.29 is 0 Å². The largest absolute Gasteiger partial charge is 0.298 e. The van der Waals surface area contributed by atoms with Crippen molar-refractivity contribution >= 4 is 39.2 Å². The van der Waals surface area contributed by atoms with Gasteiger partial charge in [-0.05, 0) is 93.3 Å². The van der Waals surface area contributed by atoms with Gasteiger partial charge in [-0.3, -0.25) is 4.90 Å². The first kappa shape index (κ1) is 26.1. The fourth-order valence-electron chi connectivity index (χ4n) is 9.17. The molecule has 0 fully saturated rings. The van der Waals surface area contributed by atoms with Crippen LogP contribution in [0.3, 0.4) is 0 Å². The van der Waals surface area contributed by atoms with Crippen molar-refractivity contribution in [2.24, 2.45) is 10.9 Å². The van der Waals surface area contributed by atoms with E-state index in [0.717, 1.165) is 24.4 Å². The van der Waals surface area contributed by atoms with Crippen molar-refractivity contribution in [2.45, 2.75) is 37.5 Å². The topological polar surface area (TPSA) is 15.6 Å². The predicted molar refractivity (Wildman–Crippen MR) is 191 cm³/mol. The highest BCUT2D eigenvalue weighted by atomic mass is 15.2. The van der Waals surface area contributed by atoms with Gasteiger partial charge in [0.2, 0.25) is 0 Å². The Labute approximate surface area is 270 Å². The van der Waals surface area contributed by atoms with Gasteiger partial charge in [0.25, 0.3) is 0 Å². The molecule has 5 aliphatic rings. The van der Waals surface area contributed by atoms with E-state index < -0.39 is 0 Å². The number of amidine groups is 1. The van der Waals surface area contributed by atoms with Gasteiger partial charge in [0.1, 0.15) is 5.84 Å². The third-order valence-electron chi connectivity index (χ3n) is 11.1. The number of hydrogen-bond donors (Lipinski definition) is 0. The predicted octanol–water partition coefficient (Wildman–Crippen LogP) is 11.1. The number of para-hydroxylation sites is 1. The molecule has 2 heterocycles. The highest BCUT2D eigenvalue weighted by Gasteiger charge is 2.54. The lowest BCUT2D eigenvalue weighted by atomic mass is 9.51. The number of benzene rings is 6. The second-order valence-corrected chi connectivity index (χ2v) is 13.5. The van der Waals surface area contributed by atoms with Crippen molar-refractivity contribution in [2.75, 3.05) is 4.90 Å². The molecule has 2 nitrogen and oxygen atoms in total. The van der Waals surface area contributed by atoms with E-state index in [4.69, 9.17) is 4.99 Å². The molecule has 2 aliphatic heterocycles. The van der Waals surface area contributed by atoms with Crippen molar-refractivity contribution in [3.05, 3.63) is 178 Å². The molecule has 0 saturated carbocycles. The maximum atomic E-state index is 5.66. The monoisotopic (exact) mass is 590 g/mol. The minimum Gasteiger partial charge on any atom is -0.298 e. The molecule has 0 amide bonds. The summed E-state index contributed by atoms with van der Waals surface area (Å²) in [4.78, 5) is 8.22. The molecule has 11 rings (SSSR count). The molecule has 3 atom stereocenters. The Balaban J connectivity index is 1.27. The average Bonchev–Trinajstić information content (AvgIpc) is 3.11. The van der Waals surface area contributed by atoms with Crippen molar-refractivity contribution in [3.8, 4) is 0 Å². The number of rotatable bonds is 1. The van der Waals surface area contributed by atoms with Crippen LogP contribution in [0.4, 0.5) is 17.1 Å². The van der Waals surface area contributed by atoms with Crippen molar-refractivity contribution in [1.82, 2.24) is 0 Å². The maximum absolute atomic E-state index is 5.66. The van der Waals surface area contributed by atoms with Gasteiger partial charge in [-0.2, -0.15) is 0 Å². The number of fused-ring (bicyclic) bond motifs is 4. The Bertz CT molecular complexity index is 2280. The third kappa shape index (κ3) is 3.45. The molecular formula is C44H34N2. The molecule has 0 N–H and O–H groups in total. The van der Waals surface area contributed by atoms with Gasteiger partial charge in [-0.25, -0.2) is 4.99 Å². The zero-order valence-electron chi connectivity index (χ0n) is 25.9. The van der Waals surface area contributed by atoms with Gasteiger partial charge in [0, 0.05) is 22.8 Å². The standard InChI is InChI=1S/C44H34N2/c1-28-22-23-32(29-12-3-2-4-13-29)35-17-8-10-20-39(35)45-43(28)46-40-21-11-18-36-33-24-25-44(42(36)40,37-19-9-7-16-34(33)37)38-26-30-14-5-6-15-31(30)27-41(38)46/h2-21,23,26-28,33H,22,24-25H2,1H3/b32-23+,45-43+. The SMILES string of the molecule is CC1C/C=C(\c2ccccc2)c2ccccc2/N=C\1N1c2cc3ccccc3cc2C23CCC(c4ccccc42)c2cccc1c23. The van der Waals surface area contributed by atoms with Gasteiger partial charge in [0.15, 0.2) is 0 Å².